The van der Waals surface area contributed by atoms with Crippen LogP contribution in [0.1, 0.15) is 36.7 Å². The Hall–Kier alpha value is -3.45. The number of carbonyl (C=O) groups excluding carboxylic acids is 2. The molecule has 166 valence electrons. The number of nitrogen functional groups attached to an aromatic ring is 1. The molecule has 0 aliphatic carbocycles. The van der Waals surface area contributed by atoms with Crippen LogP contribution in [0.2, 0.25) is 0 Å². The molecule has 32 heavy (non-hydrogen) atoms. The van der Waals surface area contributed by atoms with Crippen LogP contribution in [0.25, 0.3) is 0 Å². The lowest BCUT2D eigenvalue weighted by Crippen LogP contribution is -2.27. The van der Waals surface area contributed by atoms with E-state index >= 15 is 0 Å². The van der Waals surface area contributed by atoms with Crippen molar-refractivity contribution in [3.05, 3.63) is 77.9 Å². The van der Waals surface area contributed by atoms with E-state index in [-0.39, 0.29) is 5.91 Å². The Morgan fingerprint density at radius 1 is 0.875 bits per heavy atom. The van der Waals surface area contributed by atoms with Crippen molar-refractivity contribution in [2.45, 2.75) is 43.1 Å². The predicted molar refractivity (Wildman–Crippen MR) is 130 cm³/mol. The van der Waals surface area contributed by atoms with Crippen molar-refractivity contribution in [2.75, 3.05) is 16.4 Å². The number of carbonyl (C=O) groups is 2. The minimum absolute atomic E-state index is 0.213. The summed E-state index contributed by atoms with van der Waals surface area (Å²) in [4.78, 5) is 26.4. The molecule has 0 saturated carbocycles. The molecule has 0 atom stereocenters. The van der Waals surface area contributed by atoms with E-state index in [9.17, 15) is 9.59 Å². The highest BCUT2D eigenvalue weighted by molar-refractivity contribution is 7.99. The Morgan fingerprint density at radius 3 is 2.03 bits per heavy atom. The summed E-state index contributed by atoms with van der Waals surface area (Å²) in [5, 5.41) is 5.56. The van der Waals surface area contributed by atoms with Crippen molar-refractivity contribution in [1.29, 1.82) is 0 Å². The first-order chi connectivity index (χ1) is 15.1. The summed E-state index contributed by atoms with van der Waals surface area (Å²) in [6, 6.07) is 20.3. The summed E-state index contributed by atoms with van der Waals surface area (Å²) >= 11 is 1.56. The molecular formula is C25H27N3O3S. The third kappa shape index (κ3) is 6.78. The number of anilines is 3. The van der Waals surface area contributed by atoms with Gasteiger partial charge in [0, 0.05) is 21.0 Å². The van der Waals surface area contributed by atoms with Gasteiger partial charge in [0.15, 0.2) is 0 Å². The fourth-order valence-electron chi connectivity index (χ4n) is 2.83. The second-order valence-electron chi connectivity index (χ2n) is 8.32. The number of hydrogen-bond donors (Lipinski definition) is 3. The quantitative estimate of drug-likeness (QED) is 0.396. The molecule has 0 aromatic heterocycles. The molecule has 6 nitrogen and oxygen atoms in total. The normalized spacial score (nSPS) is 11.0. The summed E-state index contributed by atoms with van der Waals surface area (Å²) in [7, 11) is 0. The van der Waals surface area contributed by atoms with Gasteiger partial charge in [-0.15, -0.1) is 0 Å². The summed E-state index contributed by atoms with van der Waals surface area (Å²) in [5.41, 5.74) is 8.80. The molecule has 0 radical (unpaired) electrons. The van der Waals surface area contributed by atoms with Gasteiger partial charge >= 0.3 is 6.09 Å². The minimum atomic E-state index is -0.546. The Morgan fingerprint density at radius 2 is 1.47 bits per heavy atom. The van der Waals surface area contributed by atoms with E-state index in [1.54, 1.807) is 30.0 Å². The van der Waals surface area contributed by atoms with Crippen LogP contribution in [-0.2, 0) is 4.74 Å². The van der Waals surface area contributed by atoms with Crippen LogP contribution in [-0.4, -0.2) is 17.6 Å². The van der Waals surface area contributed by atoms with Crippen LogP contribution in [0.5, 0.6) is 0 Å². The van der Waals surface area contributed by atoms with Gasteiger partial charge < -0.3 is 15.8 Å². The maximum atomic E-state index is 12.5. The van der Waals surface area contributed by atoms with Gasteiger partial charge in [0.25, 0.3) is 5.91 Å². The molecule has 0 unspecified atom stereocenters. The zero-order valence-corrected chi connectivity index (χ0v) is 19.4. The summed E-state index contributed by atoms with van der Waals surface area (Å²) in [6.45, 7) is 7.40. The van der Waals surface area contributed by atoms with Gasteiger partial charge in [0.05, 0.1) is 11.4 Å². The predicted octanol–water partition coefficient (Wildman–Crippen LogP) is 6.33. The molecule has 0 bridgehead atoms. The zero-order chi connectivity index (χ0) is 23.3. The Labute approximate surface area is 192 Å². The van der Waals surface area contributed by atoms with E-state index in [1.165, 1.54) is 0 Å². The molecule has 2 amide bonds. The molecule has 0 fully saturated rings. The number of nitrogens with one attached hydrogen (secondary N) is 2. The second-order valence-corrected chi connectivity index (χ2v) is 9.47. The Balaban J connectivity index is 1.58. The molecule has 7 heteroatoms. The van der Waals surface area contributed by atoms with Crippen molar-refractivity contribution >= 4 is 40.8 Å². The summed E-state index contributed by atoms with van der Waals surface area (Å²) in [6.07, 6.45) is -0.487. The average molecular weight is 450 g/mol. The molecule has 0 aliphatic rings. The zero-order valence-electron chi connectivity index (χ0n) is 18.6. The van der Waals surface area contributed by atoms with E-state index in [0.29, 0.717) is 22.6 Å². The highest BCUT2D eigenvalue weighted by Crippen LogP contribution is 2.29. The van der Waals surface area contributed by atoms with E-state index in [2.05, 4.69) is 10.6 Å². The molecular weight excluding hydrogens is 422 g/mol. The number of aryl methyl sites for hydroxylation is 1. The monoisotopic (exact) mass is 449 g/mol. The largest absolute Gasteiger partial charge is 0.444 e. The standard InChI is InChI=1S/C25H27N3O3S/c1-16-5-14-22(21(26)15-16)28-23(29)17-6-10-19(11-7-17)32-20-12-8-18(9-13-20)27-24(30)31-25(2,3)4/h5-15H,26H2,1-4H3,(H,27,30)(H,28,29). The van der Waals surface area contributed by atoms with Gasteiger partial charge in [-0.3, -0.25) is 10.1 Å². The number of nitrogens with two attached hydrogens (primary N) is 1. The molecule has 0 aliphatic heterocycles. The van der Waals surface area contributed by atoms with E-state index in [0.717, 1.165) is 15.4 Å². The van der Waals surface area contributed by atoms with Gasteiger partial charge in [-0.2, -0.15) is 0 Å². The minimum Gasteiger partial charge on any atom is -0.444 e. The third-order valence-electron chi connectivity index (χ3n) is 4.31. The van der Waals surface area contributed by atoms with Crippen molar-refractivity contribution in [1.82, 2.24) is 0 Å². The van der Waals surface area contributed by atoms with Gasteiger partial charge in [-0.05, 0) is 93.9 Å². The molecule has 3 aromatic rings. The van der Waals surface area contributed by atoms with Crippen LogP contribution in [0.15, 0.2) is 76.5 Å². The number of amides is 2. The lowest BCUT2D eigenvalue weighted by atomic mass is 10.1. The van der Waals surface area contributed by atoms with E-state index in [1.807, 2.05) is 76.2 Å². The maximum absolute atomic E-state index is 12.5. The van der Waals surface area contributed by atoms with Crippen LogP contribution < -0.4 is 16.4 Å². The summed E-state index contributed by atoms with van der Waals surface area (Å²) < 4.78 is 5.25. The van der Waals surface area contributed by atoms with Crippen molar-refractivity contribution in [3.63, 3.8) is 0 Å². The lowest BCUT2D eigenvalue weighted by molar-refractivity contribution is 0.0635. The molecule has 4 N–H and O–H groups in total. The molecule has 3 rings (SSSR count). The third-order valence-corrected chi connectivity index (χ3v) is 5.32. The number of rotatable bonds is 5. The number of hydrogen-bond acceptors (Lipinski definition) is 5. The summed E-state index contributed by atoms with van der Waals surface area (Å²) in [5.74, 6) is -0.213. The van der Waals surface area contributed by atoms with Gasteiger partial charge in [-0.1, -0.05) is 17.8 Å². The topological polar surface area (TPSA) is 93.5 Å². The molecule has 0 spiro atoms. The van der Waals surface area contributed by atoms with Gasteiger partial charge in [-0.25, -0.2) is 4.79 Å². The molecule has 0 heterocycles. The van der Waals surface area contributed by atoms with E-state index in [4.69, 9.17) is 10.5 Å². The van der Waals surface area contributed by atoms with Gasteiger partial charge in [0.2, 0.25) is 0 Å². The lowest BCUT2D eigenvalue weighted by Gasteiger charge is -2.19. The first-order valence-electron chi connectivity index (χ1n) is 10.1. The van der Waals surface area contributed by atoms with Gasteiger partial charge in [0.1, 0.15) is 5.60 Å². The van der Waals surface area contributed by atoms with Crippen LogP contribution >= 0.6 is 11.8 Å². The smallest absolute Gasteiger partial charge is 0.412 e. The highest BCUT2D eigenvalue weighted by Gasteiger charge is 2.16. The van der Waals surface area contributed by atoms with E-state index < -0.39 is 11.7 Å². The molecule has 0 saturated heterocycles. The van der Waals surface area contributed by atoms with Crippen LogP contribution in [0, 0.1) is 6.92 Å². The fourth-order valence-corrected chi connectivity index (χ4v) is 3.65. The van der Waals surface area contributed by atoms with Crippen molar-refractivity contribution < 1.29 is 14.3 Å². The molecule has 3 aromatic carbocycles. The van der Waals surface area contributed by atoms with Crippen LogP contribution in [0.4, 0.5) is 21.9 Å². The van der Waals surface area contributed by atoms with Crippen molar-refractivity contribution in [3.8, 4) is 0 Å². The first kappa shape index (κ1) is 23.2. The average Bonchev–Trinajstić information content (AvgIpc) is 2.70. The first-order valence-corrected chi connectivity index (χ1v) is 11.0. The highest BCUT2D eigenvalue weighted by atomic mass is 32.2. The maximum Gasteiger partial charge on any atom is 0.412 e. The number of ether oxygens (including phenoxy) is 1. The SMILES string of the molecule is Cc1ccc(NC(=O)c2ccc(Sc3ccc(NC(=O)OC(C)(C)C)cc3)cc2)c(N)c1. The Bertz CT molecular complexity index is 1100. The van der Waals surface area contributed by atoms with Crippen molar-refractivity contribution in [2.24, 2.45) is 0 Å². The Kier molecular flexibility index (Phi) is 7.10. The van der Waals surface area contributed by atoms with Crippen LogP contribution in [0.3, 0.4) is 0 Å². The fraction of sp³-hybridized carbons (Fsp3) is 0.200. The number of benzene rings is 3. The second kappa shape index (κ2) is 9.78.